The van der Waals surface area contributed by atoms with E-state index in [4.69, 9.17) is 0 Å². The maximum atomic E-state index is 4.24. The van der Waals surface area contributed by atoms with Gasteiger partial charge < -0.3 is 5.32 Å². The molecule has 0 aliphatic heterocycles. The van der Waals surface area contributed by atoms with Gasteiger partial charge in [-0.3, -0.25) is 10.1 Å². The van der Waals surface area contributed by atoms with Gasteiger partial charge in [-0.25, -0.2) is 4.98 Å². The van der Waals surface area contributed by atoms with Gasteiger partial charge in [0.05, 0.1) is 11.9 Å². The summed E-state index contributed by atoms with van der Waals surface area (Å²) in [6.45, 7) is 4.89. The Hall–Kier alpha value is -1.91. The summed E-state index contributed by atoms with van der Waals surface area (Å²) in [5, 5.41) is 10.2. The molecule has 0 bridgehead atoms. The van der Waals surface area contributed by atoms with Crippen molar-refractivity contribution in [3.8, 4) is 0 Å². The molecule has 0 aromatic carbocycles. The van der Waals surface area contributed by atoms with Gasteiger partial charge in [0.1, 0.15) is 5.82 Å². The molecule has 17 heavy (non-hydrogen) atoms. The molecule has 0 spiro atoms. The van der Waals surface area contributed by atoms with Gasteiger partial charge in [0.2, 0.25) is 0 Å². The van der Waals surface area contributed by atoms with Crippen LogP contribution in [0.25, 0.3) is 0 Å². The van der Waals surface area contributed by atoms with Crippen molar-refractivity contribution in [2.75, 3.05) is 11.9 Å². The molecule has 2 N–H and O–H groups in total. The third kappa shape index (κ3) is 3.03. The number of nitrogens with one attached hydrogen (secondary N) is 2. The first kappa shape index (κ1) is 11.6. The average molecular weight is 231 g/mol. The Morgan fingerprint density at radius 2 is 2.06 bits per heavy atom. The first-order valence-electron chi connectivity index (χ1n) is 5.77. The number of anilines is 1. The number of H-pyrrole nitrogens is 1. The molecule has 0 atom stereocenters. The van der Waals surface area contributed by atoms with Gasteiger partial charge in [0.25, 0.3) is 0 Å². The Labute approximate surface area is 101 Å². The van der Waals surface area contributed by atoms with Gasteiger partial charge in [-0.2, -0.15) is 5.10 Å². The zero-order valence-corrected chi connectivity index (χ0v) is 10.2. The smallest absolute Gasteiger partial charge is 0.147 e. The van der Waals surface area contributed by atoms with E-state index in [1.54, 1.807) is 12.4 Å². The first-order chi connectivity index (χ1) is 8.27. The molecule has 2 aromatic rings. The SMILES string of the molecule is Cc1nccnc1NCCCc1cn[nH]c1C. The second-order valence-electron chi connectivity index (χ2n) is 4.04. The van der Waals surface area contributed by atoms with Gasteiger partial charge in [0.15, 0.2) is 0 Å². The summed E-state index contributed by atoms with van der Waals surface area (Å²) < 4.78 is 0. The van der Waals surface area contributed by atoms with Crippen LogP contribution in [0, 0.1) is 13.8 Å². The van der Waals surface area contributed by atoms with E-state index in [0.717, 1.165) is 36.6 Å². The summed E-state index contributed by atoms with van der Waals surface area (Å²) >= 11 is 0. The van der Waals surface area contributed by atoms with Gasteiger partial charge in [-0.05, 0) is 32.3 Å². The molecule has 5 nitrogen and oxygen atoms in total. The first-order valence-corrected chi connectivity index (χ1v) is 5.77. The molecule has 2 rings (SSSR count). The van der Waals surface area contributed by atoms with Crippen molar-refractivity contribution in [2.24, 2.45) is 0 Å². The normalized spacial score (nSPS) is 10.5. The van der Waals surface area contributed by atoms with Crippen LogP contribution in [0.4, 0.5) is 5.82 Å². The Balaban J connectivity index is 1.77. The lowest BCUT2D eigenvalue weighted by Gasteiger charge is -2.06. The lowest BCUT2D eigenvalue weighted by atomic mass is 10.1. The molecular formula is C12H17N5. The molecule has 0 saturated carbocycles. The molecule has 2 aromatic heterocycles. The highest BCUT2D eigenvalue weighted by Gasteiger charge is 2.01. The molecule has 0 amide bonds. The lowest BCUT2D eigenvalue weighted by Crippen LogP contribution is -2.06. The standard InChI is InChI=1S/C12H17N5/c1-9-11(8-16-17-9)4-3-5-14-12-10(2)13-6-7-15-12/h6-8H,3-5H2,1-2H3,(H,14,15)(H,16,17). The predicted octanol–water partition coefficient (Wildman–Crippen LogP) is 1.86. The van der Waals surface area contributed by atoms with Gasteiger partial charge in [0, 0.05) is 24.6 Å². The van der Waals surface area contributed by atoms with E-state index >= 15 is 0 Å². The Bertz CT molecular complexity index is 477. The van der Waals surface area contributed by atoms with E-state index < -0.39 is 0 Å². The van der Waals surface area contributed by atoms with Crippen LogP contribution in [0.15, 0.2) is 18.6 Å². The number of rotatable bonds is 5. The minimum absolute atomic E-state index is 0.872. The van der Waals surface area contributed by atoms with E-state index in [0.29, 0.717) is 0 Å². The molecule has 0 saturated heterocycles. The van der Waals surface area contributed by atoms with Gasteiger partial charge >= 0.3 is 0 Å². The number of nitrogens with zero attached hydrogens (tertiary/aromatic N) is 3. The van der Waals surface area contributed by atoms with Crippen LogP contribution in [0.2, 0.25) is 0 Å². The maximum absolute atomic E-state index is 4.24. The molecule has 0 unspecified atom stereocenters. The third-order valence-corrected chi connectivity index (χ3v) is 2.73. The van der Waals surface area contributed by atoms with Crippen molar-refractivity contribution in [1.82, 2.24) is 20.2 Å². The zero-order chi connectivity index (χ0) is 12.1. The topological polar surface area (TPSA) is 66.5 Å². The monoisotopic (exact) mass is 231 g/mol. The summed E-state index contributed by atoms with van der Waals surface area (Å²) in [5.41, 5.74) is 3.37. The van der Waals surface area contributed by atoms with Crippen LogP contribution in [0.3, 0.4) is 0 Å². The van der Waals surface area contributed by atoms with E-state index in [1.165, 1.54) is 5.56 Å². The van der Waals surface area contributed by atoms with Crippen LogP contribution in [-0.4, -0.2) is 26.7 Å². The Morgan fingerprint density at radius 3 is 2.76 bits per heavy atom. The summed E-state index contributed by atoms with van der Waals surface area (Å²) in [7, 11) is 0. The largest absolute Gasteiger partial charge is 0.369 e. The van der Waals surface area contributed by atoms with Crippen LogP contribution < -0.4 is 5.32 Å². The summed E-state index contributed by atoms with van der Waals surface area (Å²) in [5.74, 6) is 0.872. The fraction of sp³-hybridized carbons (Fsp3) is 0.417. The summed E-state index contributed by atoms with van der Waals surface area (Å²) in [4.78, 5) is 8.42. The highest BCUT2D eigenvalue weighted by molar-refractivity contribution is 5.38. The van der Waals surface area contributed by atoms with E-state index in [9.17, 15) is 0 Å². The van der Waals surface area contributed by atoms with Crippen molar-refractivity contribution in [2.45, 2.75) is 26.7 Å². The minimum Gasteiger partial charge on any atom is -0.369 e. The maximum Gasteiger partial charge on any atom is 0.147 e. The number of hydrogen-bond acceptors (Lipinski definition) is 4. The molecule has 0 aliphatic carbocycles. The zero-order valence-electron chi connectivity index (χ0n) is 10.2. The van der Waals surface area contributed by atoms with Crippen molar-refractivity contribution < 1.29 is 0 Å². The molecule has 0 aliphatic rings. The third-order valence-electron chi connectivity index (χ3n) is 2.73. The van der Waals surface area contributed by atoms with Crippen LogP contribution in [0.1, 0.15) is 23.4 Å². The van der Waals surface area contributed by atoms with Crippen molar-refractivity contribution in [3.63, 3.8) is 0 Å². The van der Waals surface area contributed by atoms with Gasteiger partial charge in [-0.15, -0.1) is 0 Å². The van der Waals surface area contributed by atoms with Gasteiger partial charge in [-0.1, -0.05) is 0 Å². The minimum atomic E-state index is 0.872. The second kappa shape index (κ2) is 5.43. The quantitative estimate of drug-likeness (QED) is 0.771. The molecule has 0 radical (unpaired) electrons. The number of aromatic amines is 1. The van der Waals surface area contributed by atoms with Crippen LogP contribution in [-0.2, 0) is 6.42 Å². The van der Waals surface area contributed by atoms with E-state index in [2.05, 4.69) is 25.5 Å². The Kier molecular flexibility index (Phi) is 3.69. The predicted molar refractivity (Wildman–Crippen MR) is 66.9 cm³/mol. The summed E-state index contributed by atoms with van der Waals surface area (Å²) in [6.07, 6.45) is 7.37. The van der Waals surface area contributed by atoms with E-state index in [1.807, 2.05) is 20.0 Å². The van der Waals surface area contributed by atoms with Crippen molar-refractivity contribution in [3.05, 3.63) is 35.5 Å². The average Bonchev–Trinajstić information content (AvgIpc) is 2.73. The highest BCUT2D eigenvalue weighted by atomic mass is 15.1. The van der Waals surface area contributed by atoms with Crippen molar-refractivity contribution >= 4 is 5.82 Å². The highest BCUT2D eigenvalue weighted by Crippen LogP contribution is 2.08. The fourth-order valence-corrected chi connectivity index (χ4v) is 1.69. The second-order valence-corrected chi connectivity index (χ2v) is 4.04. The van der Waals surface area contributed by atoms with Crippen LogP contribution >= 0.6 is 0 Å². The number of aromatic nitrogens is 4. The summed E-state index contributed by atoms with van der Waals surface area (Å²) in [6, 6.07) is 0. The van der Waals surface area contributed by atoms with Crippen LogP contribution in [0.5, 0.6) is 0 Å². The van der Waals surface area contributed by atoms with Crippen molar-refractivity contribution in [1.29, 1.82) is 0 Å². The number of aryl methyl sites for hydroxylation is 3. The molecular weight excluding hydrogens is 214 g/mol. The molecule has 0 fully saturated rings. The molecule has 5 heteroatoms. The molecule has 90 valence electrons. The molecule has 2 heterocycles. The van der Waals surface area contributed by atoms with E-state index in [-0.39, 0.29) is 0 Å². The number of hydrogen-bond donors (Lipinski definition) is 2. The Morgan fingerprint density at radius 1 is 1.24 bits per heavy atom. The fourth-order valence-electron chi connectivity index (χ4n) is 1.69. The lowest BCUT2D eigenvalue weighted by molar-refractivity contribution is 0.850.